The van der Waals surface area contributed by atoms with E-state index in [1.165, 1.54) is 0 Å². The van der Waals surface area contributed by atoms with E-state index in [1.54, 1.807) is 10.9 Å². The summed E-state index contributed by atoms with van der Waals surface area (Å²) < 4.78 is 41.2. The van der Waals surface area contributed by atoms with Crippen molar-refractivity contribution in [2.45, 2.75) is 12.6 Å². The maximum absolute atomic E-state index is 11.9. The molecule has 0 aliphatic heterocycles. The Hall–Kier alpha value is -3.04. The van der Waals surface area contributed by atoms with Crippen molar-refractivity contribution in [1.82, 2.24) is 20.4 Å². The Morgan fingerprint density at radius 3 is 2.50 bits per heavy atom. The molecule has 26 heavy (non-hydrogen) atoms. The third-order valence-corrected chi connectivity index (χ3v) is 3.20. The molecule has 0 bridgehead atoms. The number of halogens is 3. The molecule has 1 aromatic heterocycles. The normalized spacial score (nSPS) is 11.0. The number of carbonyl (C=O) groups excluding carboxylic acids is 2. The van der Waals surface area contributed by atoms with Gasteiger partial charge in [-0.15, -0.1) is 0 Å². The second kappa shape index (κ2) is 8.88. The standard InChI is InChI=1S/C16H17F3N4O3/c17-16(18,19)11-26-15(25)21-10-14(24)20-8-6-12-2-4-13(5-3-12)23-9-1-7-22-23/h1-5,7,9H,6,8,10-11H2,(H,20,24)(H,21,25). The summed E-state index contributed by atoms with van der Waals surface area (Å²) in [5.74, 6) is -0.526. The third-order valence-electron chi connectivity index (χ3n) is 3.20. The first-order valence-electron chi connectivity index (χ1n) is 7.66. The molecule has 7 nitrogen and oxygen atoms in total. The van der Waals surface area contributed by atoms with E-state index >= 15 is 0 Å². The summed E-state index contributed by atoms with van der Waals surface area (Å²) in [5.41, 5.74) is 1.89. The maximum Gasteiger partial charge on any atom is 0.422 e. The Balaban J connectivity index is 1.64. The van der Waals surface area contributed by atoms with Gasteiger partial charge in [0.1, 0.15) is 0 Å². The number of alkyl halides is 3. The predicted octanol–water partition coefficient (Wildman–Crippen LogP) is 1.82. The van der Waals surface area contributed by atoms with Crippen molar-refractivity contribution in [2.24, 2.45) is 0 Å². The van der Waals surface area contributed by atoms with Crippen LogP contribution < -0.4 is 10.6 Å². The molecule has 0 spiro atoms. The van der Waals surface area contributed by atoms with Gasteiger partial charge in [0.05, 0.1) is 12.2 Å². The number of carbonyl (C=O) groups is 2. The number of nitrogens with zero attached hydrogens (tertiary/aromatic N) is 2. The molecule has 0 fully saturated rings. The molecule has 0 saturated carbocycles. The van der Waals surface area contributed by atoms with E-state index in [-0.39, 0.29) is 0 Å². The Bertz CT molecular complexity index is 715. The smallest absolute Gasteiger partial charge is 0.422 e. The lowest BCUT2D eigenvalue weighted by Gasteiger charge is -2.09. The molecule has 0 atom stereocenters. The first kappa shape index (κ1) is 19.3. The molecule has 2 aromatic rings. The van der Waals surface area contributed by atoms with E-state index in [0.717, 1.165) is 11.3 Å². The summed E-state index contributed by atoms with van der Waals surface area (Å²) in [6.07, 6.45) is -1.85. The van der Waals surface area contributed by atoms with Gasteiger partial charge in [0.2, 0.25) is 5.91 Å². The zero-order chi connectivity index (χ0) is 19.0. The third kappa shape index (κ3) is 6.83. The number of benzene rings is 1. The second-order valence-electron chi connectivity index (χ2n) is 5.26. The largest absolute Gasteiger partial charge is 0.440 e. The Morgan fingerprint density at radius 1 is 1.15 bits per heavy atom. The van der Waals surface area contributed by atoms with Crippen molar-refractivity contribution in [3.63, 3.8) is 0 Å². The van der Waals surface area contributed by atoms with Gasteiger partial charge in [0, 0.05) is 18.9 Å². The Morgan fingerprint density at radius 2 is 1.88 bits per heavy atom. The highest BCUT2D eigenvalue weighted by Gasteiger charge is 2.29. The first-order valence-corrected chi connectivity index (χ1v) is 7.66. The summed E-state index contributed by atoms with van der Waals surface area (Å²) in [6, 6.07) is 9.40. The molecule has 140 valence electrons. The van der Waals surface area contributed by atoms with Gasteiger partial charge in [-0.05, 0) is 30.2 Å². The fourth-order valence-electron chi connectivity index (χ4n) is 2.00. The summed E-state index contributed by atoms with van der Waals surface area (Å²) >= 11 is 0. The fraction of sp³-hybridized carbons (Fsp3) is 0.312. The molecule has 1 aromatic carbocycles. The van der Waals surface area contributed by atoms with Crippen LogP contribution in [0.5, 0.6) is 0 Å². The summed E-state index contributed by atoms with van der Waals surface area (Å²) in [6.45, 7) is -1.84. The molecular weight excluding hydrogens is 353 g/mol. The van der Waals surface area contributed by atoms with Gasteiger partial charge >= 0.3 is 12.3 Å². The molecule has 0 radical (unpaired) electrons. The minimum absolute atomic E-state index is 0.319. The summed E-state index contributed by atoms with van der Waals surface area (Å²) in [7, 11) is 0. The van der Waals surface area contributed by atoms with Crippen LogP contribution in [0.3, 0.4) is 0 Å². The minimum Gasteiger partial charge on any atom is -0.440 e. The second-order valence-corrected chi connectivity index (χ2v) is 5.26. The number of hydrogen-bond donors (Lipinski definition) is 2. The summed E-state index contributed by atoms with van der Waals surface area (Å²) in [5, 5.41) is 8.61. The SMILES string of the molecule is O=C(CNC(=O)OCC(F)(F)F)NCCc1ccc(-n2cccn2)cc1. The molecule has 0 saturated heterocycles. The van der Waals surface area contributed by atoms with Crippen molar-refractivity contribution in [1.29, 1.82) is 0 Å². The molecule has 0 aliphatic rings. The van der Waals surface area contributed by atoms with E-state index in [1.807, 2.05) is 41.8 Å². The van der Waals surface area contributed by atoms with Crippen molar-refractivity contribution in [3.8, 4) is 5.69 Å². The predicted molar refractivity (Wildman–Crippen MR) is 85.7 cm³/mol. The van der Waals surface area contributed by atoms with Gasteiger partial charge in [-0.25, -0.2) is 9.48 Å². The van der Waals surface area contributed by atoms with E-state index in [4.69, 9.17) is 0 Å². The highest BCUT2D eigenvalue weighted by atomic mass is 19.4. The molecular formula is C16H17F3N4O3. The maximum atomic E-state index is 11.9. The van der Waals surface area contributed by atoms with Crippen LogP contribution in [0.25, 0.3) is 5.69 Å². The van der Waals surface area contributed by atoms with Gasteiger partial charge in [0.25, 0.3) is 0 Å². The number of rotatable bonds is 7. The molecule has 0 unspecified atom stereocenters. The van der Waals surface area contributed by atoms with Crippen LogP contribution >= 0.6 is 0 Å². The Labute approximate surface area is 147 Å². The molecule has 1 heterocycles. The van der Waals surface area contributed by atoms with Gasteiger partial charge in [-0.3, -0.25) is 4.79 Å². The topological polar surface area (TPSA) is 85.3 Å². The molecule has 10 heteroatoms. The van der Waals surface area contributed by atoms with Crippen LogP contribution in [0.2, 0.25) is 0 Å². The van der Waals surface area contributed by atoms with Crippen molar-refractivity contribution in [3.05, 3.63) is 48.3 Å². The van der Waals surface area contributed by atoms with Crippen molar-refractivity contribution < 1.29 is 27.5 Å². The minimum atomic E-state index is -4.60. The number of nitrogens with one attached hydrogen (secondary N) is 2. The average Bonchev–Trinajstić information content (AvgIpc) is 3.13. The van der Waals surface area contributed by atoms with E-state index in [0.29, 0.717) is 13.0 Å². The van der Waals surface area contributed by atoms with Gasteiger partial charge in [-0.2, -0.15) is 18.3 Å². The molecule has 2 N–H and O–H groups in total. The Kier molecular flexibility index (Phi) is 6.59. The molecule has 2 rings (SSSR count). The zero-order valence-corrected chi connectivity index (χ0v) is 13.6. The lowest BCUT2D eigenvalue weighted by molar-refractivity contribution is -0.160. The lowest BCUT2D eigenvalue weighted by atomic mass is 10.1. The fourth-order valence-corrected chi connectivity index (χ4v) is 2.00. The summed E-state index contributed by atoms with van der Waals surface area (Å²) in [4.78, 5) is 22.5. The van der Waals surface area contributed by atoms with Crippen molar-refractivity contribution >= 4 is 12.0 Å². The number of amides is 2. The number of hydrogen-bond acceptors (Lipinski definition) is 4. The quantitative estimate of drug-likeness (QED) is 0.779. The van der Waals surface area contributed by atoms with Gasteiger partial charge in [-0.1, -0.05) is 12.1 Å². The van der Waals surface area contributed by atoms with Gasteiger partial charge < -0.3 is 15.4 Å². The first-order chi connectivity index (χ1) is 12.3. The number of alkyl carbamates (subject to hydrolysis) is 1. The van der Waals surface area contributed by atoms with E-state index < -0.39 is 31.3 Å². The molecule has 0 aliphatic carbocycles. The lowest BCUT2D eigenvalue weighted by Crippen LogP contribution is -2.38. The van der Waals surface area contributed by atoms with Crippen LogP contribution in [-0.4, -0.2) is 47.7 Å². The monoisotopic (exact) mass is 370 g/mol. The van der Waals surface area contributed by atoms with Crippen molar-refractivity contribution in [2.75, 3.05) is 19.7 Å². The molecule has 2 amide bonds. The van der Waals surface area contributed by atoms with E-state index in [2.05, 4.69) is 15.2 Å². The highest BCUT2D eigenvalue weighted by Crippen LogP contribution is 2.14. The van der Waals surface area contributed by atoms with Crippen LogP contribution in [0.1, 0.15) is 5.56 Å². The number of aromatic nitrogens is 2. The highest BCUT2D eigenvalue weighted by molar-refractivity contribution is 5.82. The van der Waals surface area contributed by atoms with Crippen LogP contribution in [-0.2, 0) is 16.0 Å². The van der Waals surface area contributed by atoms with Crippen LogP contribution in [0.15, 0.2) is 42.7 Å². The van der Waals surface area contributed by atoms with E-state index in [9.17, 15) is 22.8 Å². The number of ether oxygens (including phenoxy) is 1. The van der Waals surface area contributed by atoms with Gasteiger partial charge in [0.15, 0.2) is 6.61 Å². The van der Waals surface area contributed by atoms with Crippen LogP contribution in [0.4, 0.5) is 18.0 Å². The van der Waals surface area contributed by atoms with Crippen LogP contribution in [0, 0.1) is 0 Å². The zero-order valence-electron chi connectivity index (χ0n) is 13.6. The average molecular weight is 370 g/mol.